The van der Waals surface area contributed by atoms with Crippen LogP contribution >= 0.6 is 0 Å². The van der Waals surface area contributed by atoms with Crippen LogP contribution in [0.2, 0.25) is 0 Å². The normalized spacial score (nSPS) is 11.6. The lowest BCUT2D eigenvalue weighted by molar-refractivity contribution is -0.138. The number of nitrogens with zero attached hydrogens (tertiary/aromatic N) is 2. The van der Waals surface area contributed by atoms with Crippen molar-refractivity contribution in [1.82, 2.24) is 9.80 Å². The van der Waals surface area contributed by atoms with Gasteiger partial charge in [-0.05, 0) is 14.1 Å². The summed E-state index contributed by atoms with van der Waals surface area (Å²) in [6.45, 7) is 1.09. The van der Waals surface area contributed by atoms with Crippen molar-refractivity contribution in [2.75, 3.05) is 41.3 Å². The molecular formula is C9H19N3O2. The number of nitrogens with two attached hydrogens (primary N) is 1. The van der Waals surface area contributed by atoms with Crippen LogP contribution in [0.5, 0.6) is 0 Å². The Kier molecular flexibility index (Phi) is 5.71. The summed E-state index contributed by atoms with van der Waals surface area (Å²) in [5, 5.41) is 0. The molecular weight excluding hydrogens is 182 g/mol. The summed E-state index contributed by atoms with van der Waals surface area (Å²) in [6.07, 6.45) is 1.27. The van der Waals surface area contributed by atoms with Gasteiger partial charge in [-0.2, -0.15) is 0 Å². The Bertz CT molecular complexity index is 212. The van der Waals surface area contributed by atoms with Crippen LogP contribution in [0.25, 0.3) is 0 Å². The van der Waals surface area contributed by atoms with Gasteiger partial charge in [-0.15, -0.1) is 0 Å². The van der Waals surface area contributed by atoms with Gasteiger partial charge in [-0.25, -0.2) is 4.79 Å². The van der Waals surface area contributed by atoms with Crippen LogP contribution in [-0.2, 0) is 9.53 Å². The van der Waals surface area contributed by atoms with Gasteiger partial charge >= 0.3 is 5.97 Å². The molecule has 0 bridgehead atoms. The van der Waals surface area contributed by atoms with Crippen LogP contribution in [-0.4, -0.2) is 57.1 Å². The fourth-order valence-corrected chi connectivity index (χ4v) is 0.620. The van der Waals surface area contributed by atoms with Gasteiger partial charge in [0.1, 0.15) is 12.4 Å². The predicted molar refractivity (Wildman–Crippen MR) is 55.5 cm³/mol. The van der Waals surface area contributed by atoms with E-state index in [1.165, 1.54) is 6.08 Å². The summed E-state index contributed by atoms with van der Waals surface area (Å²) >= 11 is 0. The Morgan fingerprint density at radius 1 is 1.36 bits per heavy atom. The van der Waals surface area contributed by atoms with Crippen molar-refractivity contribution in [3.8, 4) is 0 Å². The zero-order chi connectivity index (χ0) is 11.1. The van der Waals surface area contributed by atoms with E-state index in [4.69, 9.17) is 10.5 Å². The van der Waals surface area contributed by atoms with Gasteiger partial charge in [0, 0.05) is 20.6 Å². The molecule has 82 valence electrons. The molecule has 0 aromatic carbocycles. The van der Waals surface area contributed by atoms with E-state index in [1.807, 2.05) is 19.0 Å². The first-order valence-corrected chi connectivity index (χ1v) is 4.39. The molecule has 0 amide bonds. The number of hydrogen-bond donors (Lipinski definition) is 1. The summed E-state index contributed by atoms with van der Waals surface area (Å²) in [5.74, 6) is -0.0158. The molecule has 14 heavy (non-hydrogen) atoms. The van der Waals surface area contributed by atoms with Gasteiger partial charge in [0.2, 0.25) is 0 Å². The molecule has 0 heterocycles. The Labute approximate surface area is 85.1 Å². The maximum Gasteiger partial charge on any atom is 0.334 e. The van der Waals surface area contributed by atoms with E-state index in [0.717, 1.165) is 0 Å². The summed E-state index contributed by atoms with van der Waals surface area (Å²) < 4.78 is 4.91. The maximum atomic E-state index is 11.1. The molecule has 0 aromatic heterocycles. The Hall–Kier alpha value is -1.23. The van der Waals surface area contributed by atoms with Gasteiger partial charge in [0.05, 0.1) is 6.08 Å². The summed E-state index contributed by atoms with van der Waals surface area (Å²) in [6, 6.07) is 0. The van der Waals surface area contributed by atoms with Crippen molar-refractivity contribution in [3.63, 3.8) is 0 Å². The highest BCUT2D eigenvalue weighted by molar-refractivity contribution is 5.82. The fourth-order valence-electron chi connectivity index (χ4n) is 0.620. The minimum Gasteiger partial charge on any atom is -0.461 e. The van der Waals surface area contributed by atoms with E-state index in [9.17, 15) is 4.79 Å². The van der Waals surface area contributed by atoms with Crippen LogP contribution in [0.3, 0.4) is 0 Å². The largest absolute Gasteiger partial charge is 0.461 e. The minimum absolute atomic E-state index is 0.378. The quantitative estimate of drug-likeness (QED) is 0.478. The number of hydrogen-bond acceptors (Lipinski definition) is 5. The molecule has 0 aliphatic rings. The van der Waals surface area contributed by atoms with Crippen molar-refractivity contribution in [3.05, 3.63) is 11.9 Å². The average Bonchev–Trinajstić information content (AvgIpc) is 2.02. The van der Waals surface area contributed by atoms with Gasteiger partial charge in [0.25, 0.3) is 0 Å². The lowest BCUT2D eigenvalue weighted by Gasteiger charge is -2.12. The first-order chi connectivity index (χ1) is 6.43. The molecule has 5 heteroatoms. The minimum atomic E-state index is -0.405. The number of ether oxygens (including phenoxy) is 1. The van der Waals surface area contributed by atoms with E-state index in [2.05, 4.69) is 0 Å². The zero-order valence-corrected chi connectivity index (χ0v) is 9.28. The van der Waals surface area contributed by atoms with Crippen LogP contribution in [0.1, 0.15) is 0 Å². The second kappa shape index (κ2) is 6.26. The first-order valence-electron chi connectivity index (χ1n) is 4.39. The van der Waals surface area contributed by atoms with E-state index in [1.54, 1.807) is 19.0 Å². The van der Waals surface area contributed by atoms with Gasteiger partial charge < -0.3 is 20.3 Å². The molecule has 0 fully saturated rings. The van der Waals surface area contributed by atoms with E-state index in [-0.39, 0.29) is 0 Å². The molecule has 0 rings (SSSR count). The molecule has 0 aliphatic heterocycles. The highest BCUT2D eigenvalue weighted by Gasteiger charge is 2.01. The smallest absolute Gasteiger partial charge is 0.334 e. The monoisotopic (exact) mass is 201 g/mol. The third-order valence-electron chi connectivity index (χ3n) is 1.56. The highest BCUT2D eigenvalue weighted by atomic mass is 16.5. The molecule has 0 aromatic rings. The Balaban J connectivity index is 3.81. The molecule has 0 aliphatic carbocycles. The topological polar surface area (TPSA) is 58.8 Å². The van der Waals surface area contributed by atoms with E-state index in [0.29, 0.717) is 19.0 Å². The Morgan fingerprint density at radius 2 is 1.93 bits per heavy atom. The lowest BCUT2D eigenvalue weighted by Crippen LogP contribution is -2.22. The number of esters is 1. The summed E-state index contributed by atoms with van der Waals surface area (Å²) in [7, 11) is 7.35. The highest BCUT2D eigenvalue weighted by Crippen LogP contribution is 1.90. The second-order valence-electron chi connectivity index (χ2n) is 3.43. The molecule has 0 saturated heterocycles. The molecule has 5 nitrogen and oxygen atoms in total. The molecule has 0 atom stereocenters. The van der Waals surface area contributed by atoms with Gasteiger partial charge in [-0.1, -0.05) is 0 Å². The predicted octanol–water partition coefficient (Wildman–Crippen LogP) is -0.547. The van der Waals surface area contributed by atoms with Crippen LogP contribution in [0.15, 0.2) is 11.9 Å². The van der Waals surface area contributed by atoms with E-state index >= 15 is 0 Å². The Morgan fingerprint density at radius 3 is 2.36 bits per heavy atom. The van der Waals surface area contributed by atoms with Crippen LogP contribution < -0.4 is 5.73 Å². The van der Waals surface area contributed by atoms with E-state index < -0.39 is 5.97 Å². The van der Waals surface area contributed by atoms with Crippen LogP contribution in [0.4, 0.5) is 0 Å². The fraction of sp³-hybridized carbons (Fsp3) is 0.667. The molecule has 0 spiro atoms. The SMILES string of the molecule is CN(C)CCOC(=O)/C=C(/N)N(C)C. The third-order valence-corrected chi connectivity index (χ3v) is 1.56. The standard InChI is InChI=1S/C9H19N3O2/c1-11(2)5-6-14-9(13)7-8(10)12(3)4/h7H,5-6,10H2,1-4H3/b8-7-. The van der Waals surface area contributed by atoms with Crippen LogP contribution in [0, 0.1) is 0 Å². The third kappa shape index (κ3) is 6.30. The van der Waals surface area contributed by atoms with Gasteiger partial charge in [0.15, 0.2) is 0 Å². The van der Waals surface area contributed by atoms with Crippen molar-refractivity contribution in [2.24, 2.45) is 5.73 Å². The maximum absolute atomic E-state index is 11.1. The number of likely N-dealkylation sites (N-methyl/N-ethyl adjacent to an activating group) is 1. The summed E-state index contributed by atoms with van der Waals surface area (Å²) in [5.41, 5.74) is 5.52. The van der Waals surface area contributed by atoms with Crippen molar-refractivity contribution in [2.45, 2.75) is 0 Å². The number of carbonyl (C=O) groups excluding carboxylic acids is 1. The lowest BCUT2D eigenvalue weighted by atomic mass is 10.5. The van der Waals surface area contributed by atoms with Crippen molar-refractivity contribution in [1.29, 1.82) is 0 Å². The first kappa shape index (κ1) is 12.8. The molecule has 0 saturated carbocycles. The number of rotatable bonds is 5. The second-order valence-corrected chi connectivity index (χ2v) is 3.43. The molecule has 0 radical (unpaired) electrons. The average molecular weight is 201 g/mol. The van der Waals surface area contributed by atoms with Crippen molar-refractivity contribution >= 4 is 5.97 Å². The number of carbonyl (C=O) groups is 1. The van der Waals surface area contributed by atoms with Gasteiger partial charge in [-0.3, -0.25) is 0 Å². The zero-order valence-electron chi connectivity index (χ0n) is 9.28. The van der Waals surface area contributed by atoms with Crippen molar-refractivity contribution < 1.29 is 9.53 Å². The summed E-state index contributed by atoms with van der Waals surface area (Å²) in [4.78, 5) is 14.7. The molecule has 0 unspecified atom stereocenters. The molecule has 2 N–H and O–H groups in total.